The number of methoxy groups -OCH3 is 1. The van der Waals surface area contributed by atoms with Crippen LogP contribution >= 0.6 is 27.7 Å². The second-order valence-electron chi connectivity index (χ2n) is 9.47. The monoisotopic (exact) mass is 621 g/mol. The molecule has 2 aliphatic heterocycles. The van der Waals surface area contributed by atoms with Gasteiger partial charge in [-0.2, -0.15) is 0 Å². The van der Waals surface area contributed by atoms with Gasteiger partial charge in [0.25, 0.3) is 5.92 Å². The van der Waals surface area contributed by atoms with Crippen LogP contribution in [0.4, 0.5) is 13.2 Å². The predicted molar refractivity (Wildman–Crippen MR) is 146 cm³/mol. The van der Waals surface area contributed by atoms with E-state index in [2.05, 4.69) is 26.1 Å². The van der Waals surface area contributed by atoms with E-state index in [0.29, 0.717) is 59.6 Å². The number of ether oxygens (including phenoxy) is 1. The molecular formula is C27H27BrF3N5O2S. The van der Waals surface area contributed by atoms with Gasteiger partial charge in [0.15, 0.2) is 11.0 Å². The summed E-state index contributed by atoms with van der Waals surface area (Å²) in [5.74, 6) is -2.21. The van der Waals surface area contributed by atoms with Crippen LogP contribution in [0.15, 0.2) is 57.1 Å². The zero-order valence-electron chi connectivity index (χ0n) is 21.2. The molecule has 0 bridgehead atoms. The van der Waals surface area contributed by atoms with Gasteiger partial charge in [0.05, 0.1) is 18.5 Å². The van der Waals surface area contributed by atoms with Crippen LogP contribution in [-0.2, 0) is 9.53 Å². The molecule has 5 rings (SSSR count). The molecule has 1 atom stereocenters. The molecular weight excluding hydrogens is 595 g/mol. The predicted octanol–water partition coefficient (Wildman–Crippen LogP) is 5.84. The van der Waals surface area contributed by atoms with Crippen molar-refractivity contribution in [3.63, 3.8) is 0 Å². The Morgan fingerprint density at radius 3 is 2.67 bits per heavy atom. The van der Waals surface area contributed by atoms with E-state index in [1.54, 1.807) is 18.2 Å². The average molecular weight is 623 g/mol. The molecule has 206 valence electrons. The van der Waals surface area contributed by atoms with Gasteiger partial charge in [0.2, 0.25) is 0 Å². The highest BCUT2D eigenvalue weighted by atomic mass is 79.9. The zero-order valence-corrected chi connectivity index (χ0v) is 23.7. The Hall–Kier alpha value is -2.70. The normalized spacial score (nSPS) is 18.6. The van der Waals surface area contributed by atoms with Crippen molar-refractivity contribution < 1.29 is 22.7 Å². The van der Waals surface area contributed by atoms with Crippen LogP contribution in [0.2, 0.25) is 0 Å². The number of alkyl halides is 2. The summed E-state index contributed by atoms with van der Waals surface area (Å²) in [7, 11) is 1.33. The van der Waals surface area contributed by atoms with Gasteiger partial charge in [0, 0.05) is 60.2 Å². The SMILES string of the molecule is COC(=O)CC[C@@H]1N=C(c2ccccc2F)c2cc(Br)ccc2-n2c(SCCN3CCC(F)(F)CC3)nnc21. The Balaban J connectivity index is 1.51. The maximum atomic E-state index is 15.1. The van der Waals surface area contributed by atoms with E-state index in [9.17, 15) is 13.6 Å². The van der Waals surface area contributed by atoms with Gasteiger partial charge in [-0.15, -0.1) is 10.2 Å². The van der Waals surface area contributed by atoms with Crippen molar-refractivity contribution in [1.29, 1.82) is 0 Å². The molecule has 12 heteroatoms. The van der Waals surface area contributed by atoms with E-state index in [1.165, 1.54) is 24.9 Å². The second kappa shape index (κ2) is 11.8. The first-order chi connectivity index (χ1) is 18.8. The zero-order chi connectivity index (χ0) is 27.6. The highest BCUT2D eigenvalue weighted by molar-refractivity contribution is 9.10. The number of aliphatic imine (C=N–C) groups is 1. The number of nitrogens with zero attached hydrogens (tertiary/aromatic N) is 5. The number of halogens is 4. The first-order valence-electron chi connectivity index (χ1n) is 12.6. The molecule has 0 spiro atoms. The number of rotatable bonds is 8. The van der Waals surface area contributed by atoms with Gasteiger partial charge in [-0.05, 0) is 36.8 Å². The van der Waals surface area contributed by atoms with Gasteiger partial charge in [-0.25, -0.2) is 13.2 Å². The molecule has 3 heterocycles. The van der Waals surface area contributed by atoms with Crippen LogP contribution in [0.1, 0.15) is 48.7 Å². The summed E-state index contributed by atoms with van der Waals surface area (Å²) in [6.45, 7) is 1.36. The Morgan fingerprint density at radius 1 is 1.15 bits per heavy atom. The Bertz CT molecular complexity index is 1390. The number of thioether (sulfide) groups is 1. The van der Waals surface area contributed by atoms with Crippen molar-refractivity contribution in [1.82, 2.24) is 19.7 Å². The minimum atomic E-state index is -2.58. The number of piperidine rings is 1. The fraction of sp³-hybridized carbons (Fsp3) is 0.407. The quantitative estimate of drug-likeness (QED) is 0.232. The summed E-state index contributed by atoms with van der Waals surface area (Å²) in [5.41, 5.74) is 2.22. The molecule has 0 amide bonds. The van der Waals surface area contributed by atoms with Crippen molar-refractivity contribution in [2.75, 3.05) is 32.5 Å². The molecule has 7 nitrogen and oxygen atoms in total. The molecule has 39 heavy (non-hydrogen) atoms. The average Bonchev–Trinajstić information content (AvgIpc) is 3.28. The lowest BCUT2D eigenvalue weighted by Gasteiger charge is -2.31. The lowest BCUT2D eigenvalue weighted by molar-refractivity contribution is -0.140. The Morgan fingerprint density at radius 2 is 1.92 bits per heavy atom. The van der Waals surface area contributed by atoms with Gasteiger partial charge >= 0.3 is 5.97 Å². The highest BCUT2D eigenvalue weighted by Gasteiger charge is 2.34. The first-order valence-corrected chi connectivity index (χ1v) is 14.4. The lowest BCUT2D eigenvalue weighted by Crippen LogP contribution is -2.40. The second-order valence-corrected chi connectivity index (χ2v) is 11.4. The summed E-state index contributed by atoms with van der Waals surface area (Å²) in [5, 5.41) is 9.53. The molecule has 0 N–H and O–H groups in total. The molecule has 1 aromatic heterocycles. The minimum Gasteiger partial charge on any atom is -0.469 e. The van der Waals surface area contributed by atoms with Gasteiger partial charge in [-0.1, -0.05) is 39.8 Å². The lowest BCUT2D eigenvalue weighted by atomic mass is 10.00. The number of esters is 1. The number of aromatic nitrogens is 3. The fourth-order valence-electron chi connectivity index (χ4n) is 4.78. The number of benzene rings is 2. The van der Waals surface area contributed by atoms with E-state index >= 15 is 4.39 Å². The molecule has 1 saturated heterocycles. The van der Waals surface area contributed by atoms with Crippen molar-refractivity contribution in [3.8, 4) is 5.69 Å². The topological polar surface area (TPSA) is 72.6 Å². The van der Waals surface area contributed by atoms with E-state index in [4.69, 9.17) is 9.73 Å². The van der Waals surface area contributed by atoms with Crippen LogP contribution in [0, 0.1) is 5.82 Å². The summed E-state index contributed by atoms with van der Waals surface area (Å²) in [6, 6.07) is 11.5. The molecule has 0 saturated carbocycles. The van der Waals surface area contributed by atoms with Crippen molar-refractivity contribution in [2.24, 2.45) is 4.99 Å². The third kappa shape index (κ3) is 6.22. The molecule has 1 fully saturated rings. The maximum absolute atomic E-state index is 15.1. The van der Waals surface area contributed by atoms with Crippen molar-refractivity contribution >= 4 is 39.4 Å². The third-order valence-corrected chi connectivity index (χ3v) is 8.30. The molecule has 2 aromatic carbocycles. The van der Waals surface area contributed by atoms with E-state index in [0.717, 1.165) is 10.2 Å². The van der Waals surface area contributed by atoms with E-state index < -0.39 is 17.8 Å². The number of likely N-dealkylation sites (tertiary alicyclic amines) is 1. The third-order valence-electron chi connectivity index (χ3n) is 6.90. The fourth-order valence-corrected chi connectivity index (χ4v) is 6.09. The first kappa shape index (κ1) is 27.9. The standard InChI is InChI=1S/C27H27BrF3N5O2S/c1-38-23(37)9-7-21-25-33-34-26(39-15-14-35-12-10-27(30,31)11-13-35)36(25)22-8-6-17(28)16-19(22)24(32-21)18-4-2-3-5-20(18)29/h2-6,8,16,21H,7,9-15H2,1H3/t21-/m0/s1. The number of carbonyl (C=O) groups excluding carboxylic acids is 1. The highest BCUT2D eigenvalue weighted by Crippen LogP contribution is 2.37. The maximum Gasteiger partial charge on any atom is 0.305 e. The largest absolute Gasteiger partial charge is 0.469 e. The number of hydrogen-bond donors (Lipinski definition) is 0. The van der Waals surface area contributed by atoms with Crippen molar-refractivity contribution in [2.45, 2.75) is 42.8 Å². The minimum absolute atomic E-state index is 0.101. The van der Waals surface area contributed by atoms with E-state index in [1.807, 2.05) is 27.7 Å². The van der Waals surface area contributed by atoms with Gasteiger partial charge < -0.3 is 9.64 Å². The van der Waals surface area contributed by atoms with E-state index in [-0.39, 0.29) is 25.2 Å². The van der Waals surface area contributed by atoms with Crippen LogP contribution in [0.5, 0.6) is 0 Å². The summed E-state index contributed by atoms with van der Waals surface area (Å²) >= 11 is 5.01. The molecule has 0 radical (unpaired) electrons. The summed E-state index contributed by atoms with van der Waals surface area (Å²) < 4.78 is 49.7. The molecule has 3 aromatic rings. The summed E-state index contributed by atoms with van der Waals surface area (Å²) in [4.78, 5) is 19.0. The summed E-state index contributed by atoms with van der Waals surface area (Å²) in [6.07, 6.45) is 0.144. The van der Waals surface area contributed by atoms with Crippen LogP contribution < -0.4 is 0 Å². The molecule has 2 aliphatic rings. The Labute approximate surface area is 237 Å². The number of carbonyl (C=O) groups is 1. The molecule has 0 unspecified atom stereocenters. The van der Waals surface area contributed by atoms with Gasteiger partial charge in [-0.3, -0.25) is 14.4 Å². The smallest absolute Gasteiger partial charge is 0.305 e. The molecule has 0 aliphatic carbocycles. The van der Waals surface area contributed by atoms with Crippen LogP contribution in [-0.4, -0.2) is 69.8 Å². The van der Waals surface area contributed by atoms with Crippen LogP contribution in [0.3, 0.4) is 0 Å². The Kier molecular flexibility index (Phi) is 8.43. The van der Waals surface area contributed by atoms with Gasteiger partial charge in [0.1, 0.15) is 11.9 Å². The number of fused-ring (bicyclic) bond motifs is 3. The van der Waals surface area contributed by atoms with Crippen molar-refractivity contribution in [3.05, 3.63) is 69.7 Å². The van der Waals surface area contributed by atoms with Crippen LogP contribution in [0.25, 0.3) is 5.69 Å². The number of hydrogen-bond acceptors (Lipinski definition) is 7.